The molecule has 126 valence electrons. The van der Waals surface area contributed by atoms with E-state index in [1.54, 1.807) is 18.2 Å². The van der Waals surface area contributed by atoms with Crippen molar-refractivity contribution in [1.82, 2.24) is 0 Å². The third-order valence-corrected chi connectivity index (χ3v) is 4.16. The van der Waals surface area contributed by atoms with E-state index in [4.69, 9.17) is 19.3 Å². The van der Waals surface area contributed by atoms with Crippen molar-refractivity contribution in [1.29, 1.82) is 0 Å². The lowest BCUT2D eigenvalue weighted by Gasteiger charge is -2.13. The highest BCUT2D eigenvalue weighted by Gasteiger charge is 2.15. The highest BCUT2D eigenvalue weighted by molar-refractivity contribution is 7.12. The maximum absolute atomic E-state index is 12.2. The Morgan fingerprint density at radius 3 is 2.33 bits per heavy atom. The van der Waals surface area contributed by atoms with Gasteiger partial charge in [-0.1, -0.05) is 0 Å². The Bertz CT molecular complexity index is 790. The van der Waals surface area contributed by atoms with Gasteiger partial charge < -0.3 is 19.3 Å². The zero-order chi connectivity index (χ0) is 17.7. The summed E-state index contributed by atoms with van der Waals surface area (Å²) < 4.78 is 15.8. The average Bonchev–Trinajstić information content (AvgIpc) is 3.09. The average molecular weight is 348 g/mol. The Balaban J connectivity index is 2.30. The molecule has 0 aliphatic rings. The summed E-state index contributed by atoms with van der Waals surface area (Å²) in [5.74, 6) is 0.0395. The SMILES string of the molecule is COc1ccc(C=CC(=O)c2csc(C(=O)O)c2)c(OC)c1OC. The summed E-state index contributed by atoms with van der Waals surface area (Å²) in [5.41, 5.74) is 0.963. The standard InChI is InChI=1S/C17H16O6S/c1-21-13-7-5-10(15(22-2)16(13)23-3)4-6-12(18)11-8-14(17(19)20)24-9-11/h4-9H,1-3H3,(H,19,20). The van der Waals surface area contributed by atoms with Gasteiger partial charge in [0.25, 0.3) is 0 Å². The molecule has 0 fully saturated rings. The van der Waals surface area contributed by atoms with Gasteiger partial charge in [-0.05, 0) is 30.4 Å². The van der Waals surface area contributed by atoms with Crippen molar-refractivity contribution in [2.45, 2.75) is 0 Å². The van der Waals surface area contributed by atoms with Gasteiger partial charge in [0, 0.05) is 16.5 Å². The number of carboxylic acid groups (broad SMARTS) is 1. The van der Waals surface area contributed by atoms with Gasteiger partial charge in [0.1, 0.15) is 4.88 Å². The number of hydrogen-bond acceptors (Lipinski definition) is 6. The molecular weight excluding hydrogens is 332 g/mol. The van der Waals surface area contributed by atoms with Crippen molar-refractivity contribution in [2.75, 3.05) is 21.3 Å². The highest BCUT2D eigenvalue weighted by atomic mass is 32.1. The van der Waals surface area contributed by atoms with Crippen molar-refractivity contribution in [2.24, 2.45) is 0 Å². The lowest BCUT2D eigenvalue weighted by atomic mass is 10.1. The fraction of sp³-hybridized carbons (Fsp3) is 0.176. The summed E-state index contributed by atoms with van der Waals surface area (Å²) in [4.78, 5) is 23.2. The third kappa shape index (κ3) is 3.57. The minimum absolute atomic E-state index is 0.121. The lowest BCUT2D eigenvalue weighted by molar-refractivity contribution is 0.0702. The number of ketones is 1. The summed E-state index contributed by atoms with van der Waals surface area (Å²) in [6.45, 7) is 0. The lowest BCUT2D eigenvalue weighted by Crippen LogP contribution is -1.97. The summed E-state index contributed by atoms with van der Waals surface area (Å²) in [6.07, 6.45) is 2.94. The van der Waals surface area contributed by atoms with Crippen LogP contribution in [0.5, 0.6) is 17.2 Å². The summed E-state index contributed by atoms with van der Waals surface area (Å²) >= 11 is 1.01. The highest BCUT2D eigenvalue weighted by Crippen LogP contribution is 2.40. The van der Waals surface area contributed by atoms with E-state index in [1.165, 1.54) is 38.9 Å². The zero-order valence-corrected chi connectivity index (χ0v) is 14.2. The van der Waals surface area contributed by atoms with E-state index >= 15 is 0 Å². The first-order valence-corrected chi connectivity index (χ1v) is 7.73. The molecule has 1 N–H and O–H groups in total. The van der Waals surface area contributed by atoms with Crippen LogP contribution in [0.15, 0.2) is 29.7 Å². The first kappa shape index (κ1) is 17.6. The molecule has 6 nitrogen and oxygen atoms in total. The van der Waals surface area contributed by atoms with Crippen molar-refractivity contribution < 1.29 is 28.9 Å². The van der Waals surface area contributed by atoms with E-state index in [0.717, 1.165) is 11.3 Å². The van der Waals surface area contributed by atoms with E-state index < -0.39 is 5.97 Å². The smallest absolute Gasteiger partial charge is 0.345 e. The molecule has 0 bridgehead atoms. The molecule has 1 aromatic heterocycles. The monoisotopic (exact) mass is 348 g/mol. The molecule has 24 heavy (non-hydrogen) atoms. The second-order valence-corrected chi connectivity index (χ2v) is 5.54. The molecule has 0 radical (unpaired) electrons. The van der Waals surface area contributed by atoms with E-state index in [-0.39, 0.29) is 10.7 Å². The van der Waals surface area contributed by atoms with Crippen LogP contribution in [-0.4, -0.2) is 38.2 Å². The summed E-state index contributed by atoms with van der Waals surface area (Å²) in [6, 6.07) is 4.80. The fourth-order valence-corrected chi connectivity index (χ4v) is 2.83. The van der Waals surface area contributed by atoms with Gasteiger partial charge in [-0.3, -0.25) is 4.79 Å². The molecule has 0 aliphatic carbocycles. The Kier molecular flexibility index (Phi) is 5.59. The molecule has 0 spiro atoms. The van der Waals surface area contributed by atoms with Gasteiger partial charge in [-0.2, -0.15) is 0 Å². The van der Waals surface area contributed by atoms with Gasteiger partial charge in [-0.25, -0.2) is 4.79 Å². The first-order chi connectivity index (χ1) is 11.5. The quantitative estimate of drug-likeness (QED) is 0.610. The number of benzene rings is 1. The van der Waals surface area contributed by atoms with Crippen LogP contribution in [0.25, 0.3) is 6.08 Å². The molecular formula is C17H16O6S. The van der Waals surface area contributed by atoms with Gasteiger partial charge in [-0.15, -0.1) is 11.3 Å². The molecule has 2 aromatic rings. The molecule has 2 rings (SSSR count). The second kappa shape index (κ2) is 7.65. The minimum Gasteiger partial charge on any atom is -0.493 e. The predicted molar refractivity (Wildman–Crippen MR) is 90.7 cm³/mol. The van der Waals surface area contributed by atoms with Crippen LogP contribution in [0, 0.1) is 0 Å². The summed E-state index contributed by atoms with van der Waals surface area (Å²) in [7, 11) is 4.51. The number of carbonyl (C=O) groups excluding carboxylic acids is 1. The number of carbonyl (C=O) groups is 2. The molecule has 0 saturated heterocycles. The van der Waals surface area contributed by atoms with E-state index in [9.17, 15) is 9.59 Å². The second-order valence-electron chi connectivity index (χ2n) is 4.63. The normalized spacial score (nSPS) is 10.6. The van der Waals surface area contributed by atoms with Gasteiger partial charge in [0.15, 0.2) is 17.3 Å². The van der Waals surface area contributed by atoms with Crippen LogP contribution < -0.4 is 14.2 Å². The predicted octanol–water partition coefficient (Wildman–Crippen LogP) is 3.37. The molecule has 7 heteroatoms. The Morgan fingerprint density at radius 2 is 1.79 bits per heavy atom. The van der Waals surface area contributed by atoms with Gasteiger partial charge >= 0.3 is 5.97 Å². The molecule has 0 saturated carbocycles. The third-order valence-electron chi connectivity index (χ3n) is 3.24. The van der Waals surface area contributed by atoms with E-state index in [2.05, 4.69) is 0 Å². The Hall–Kier alpha value is -2.80. The maximum Gasteiger partial charge on any atom is 0.345 e. The largest absolute Gasteiger partial charge is 0.493 e. The fourth-order valence-electron chi connectivity index (χ4n) is 2.09. The Morgan fingerprint density at radius 1 is 1.08 bits per heavy atom. The number of aromatic carboxylic acids is 1. The van der Waals surface area contributed by atoms with Crippen LogP contribution in [0.1, 0.15) is 25.6 Å². The minimum atomic E-state index is -1.05. The number of rotatable bonds is 7. The maximum atomic E-state index is 12.2. The van der Waals surface area contributed by atoms with E-state index in [1.807, 2.05) is 0 Å². The Labute approximate surface area is 142 Å². The van der Waals surface area contributed by atoms with Crippen molar-refractivity contribution in [3.05, 3.63) is 45.7 Å². The van der Waals surface area contributed by atoms with Crippen molar-refractivity contribution >= 4 is 29.2 Å². The summed E-state index contributed by atoms with van der Waals surface area (Å²) in [5, 5.41) is 10.4. The number of carboxylic acids is 1. The number of methoxy groups -OCH3 is 3. The van der Waals surface area contributed by atoms with Crippen molar-refractivity contribution in [3.8, 4) is 17.2 Å². The molecule has 0 unspecified atom stereocenters. The molecule has 0 amide bonds. The van der Waals surface area contributed by atoms with Gasteiger partial charge in [0.2, 0.25) is 5.75 Å². The number of allylic oxidation sites excluding steroid dienone is 1. The zero-order valence-electron chi connectivity index (χ0n) is 13.4. The van der Waals surface area contributed by atoms with Gasteiger partial charge in [0.05, 0.1) is 21.3 Å². The van der Waals surface area contributed by atoms with Crippen LogP contribution in [-0.2, 0) is 0 Å². The van der Waals surface area contributed by atoms with Crippen LogP contribution >= 0.6 is 11.3 Å². The molecule has 1 heterocycles. The molecule has 0 aliphatic heterocycles. The molecule has 0 atom stereocenters. The van der Waals surface area contributed by atoms with Crippen molar-refractivity contribution in [3.63, 3.8) is 0 Å². The van der Waals surface area contributed by atoms with Crippen LogP contribution in [0.3, 0.4) is 0 Å². The number of hydrogen-bond donors (Lipinski definition) is 1. The van der Waals surface area contributed by atoms with Crippen LogP contribution in [0.2, 0.25) is 0 Å². The first-order valence-electron chi connectivity index (χ1n) is 6.85. The number of thiophene rings is 1. The van der Waals surface area contributed by atoms with Crippen LogP contribution in [0.4, 0.5) is 0 Å². The topological polar surface area (TPSA) is 82.1 Å². The molecule has 1 aromatic carbocycles. The van der Waals surface area contributed by atoms with E-state index in [0.29, 0.717) is 28.4 Å². The number of ether oxygens (including phenoxy) is 3.